The molecule has 2 nitrogen and oxygen atoms in total. The maximum atomic E-state index is 13.0. The molecule has 116 valence electrons. The van der Waals surface area contributed by atoms with E-state index in [4.69, 9.17) is 0 Å². The van der Waals surface area contributed by atoms with Gasteiger partial charge in [-0.3, -0.25) is 4.79 Å². The van der Waals surface area contributed by atoms with Crippen LogP contribution < -0.4 is 5.32 Å². The number of carbonyl (C=O) groups excluding carboxylic acids is 1. The lowest BCUT2D eigenvalue weighted by Crippen LogP contribution is -2.27. The third-order valence-corrected chi connectivity index (χ3v) is 4.29. The molecule has 2 aromatic rings. The van der Waals surface area contributed by atoms with Crippen LogP contribution in [0, 0.1) is 5.82 Å². The van der Waals surface area contributed by atoms with Gasteiger partial charge in [0.1, 0.15) is 5.82 Å². The number of rotatable bonds is 5. The lowest BCUT2D eigenvalue weighted by atomic mass is 10.1. The van der Waals surface area contributed by atoms with Crippen LogP contribution in [0.2, 0.25) is 0 Å². The van der Waals surface area contributed by atoms with Crippen LogP contribution in [0.1, 0.15) is 42.7 Å². The van der Waals surface area contributed by atoms with Crippen molar-refractivity contribution >= 4 is 17.7 Å². The van der Waals surface area contributed by atoms with Gasteiger partial charge in [-0.25, -0.2) is 4.39 Å². The highest BCUT2D eigenvalue weighted by Crippen LogP contribution is 2.27. The van der Waals surface area contributed by atoms with E-state index in [0.717, 1.165) is 10.5 Å². The van der Waals surface area contributed by atoms with Gasteiger partial charge in [0.25, 0.3) is 5.91 Å². The van der Waals surface area contributed by atoms with Crippen LogP contribution in [0.15, 0.2) is 53.4 Å². The molecule has 0 saturated carbocycles. The van der Waals surface area contributed by atoms with Gasteiger partial charge in [0.15, 0.2) is 0 Å². The van der Waals surface area contributed by atoms with Gasteiger partial charge in [0.05, 0.1) is 11.6 Å². The van der Waals surface area contributed by atoms with Crippen molar-refractivity contribution in [2.75, 3.05) is 0 Å². The van der Waals surface area contributed by atoms with Crippen LogP contribution in [0.4, 0.5) is 4.39 Å². The summed E-state index contributed by atoms with van der Waals surface area (Å²) in [7, 11) is 0. The number of hydrogen-bond donors (Lipinski definition) is 1. The van der Waals surface area contributed by atoms with Crippen LogP contribution in [0.5, 0.6) is 0 Å². The largest absolute Gasteiger partial charge is 0.345 e. The van der Waals surface area contributed by atoms with Gasteiger partial charge in [-0.15, -0.1) is 11.8 Å². The number of nitrogens with one attached hydrogen (secondary N) is 1. The second-order valence-electron chi connectivity index (χ2n) is 5.41. The smallest absolute Gasteiger partial charge is 0.252 e. The number of hydrogen-bond acceptors (Lipinski definition) is 2. The first-order chi connectivity index (χ1) is 10.5. The summed E-state index contributed by atoms with van der Waals surface area (Å²) in [6.45, 7) is 6.09. The van der Waals surface area contributed by atoms with Crippen molar-refractivity contribution in [2.24, 2.45) is 0 Å². The Morgan fingerprint density at radius 3 is 2.32 bits per heavy atom. The number of carbonyl (C=O) groups is 1. The van der Waals surface area contributed by atoms with Gasteiger partial charge in [-0.05, 0) is 36.8 Å². The zero-order valence-electron chi connectivity index (χ0n) is 13.0. The first-order valence-corrected chi connectivity index (χ1v) is 8.17. The molecule has 0 aromatic heterocycles. The second-order valence-corrected chi connectivity index (χ2v) is 7.03. The predicted octanol–water partition coefficient (Wildman–Crippen LogP) is 4.82. The zero-order chi connectivity index (χ0) is 16.1. The van der Waals surface area contributed by atoms with E-state index in [-0.39, 0.29) is 17.8 Å². The molecule has 0 bridgehead atoms. The highest BCUT2D eigenvalue weighted by atomic mass is 32.2. The first-order valence-electron chi connectivity index (χ1n) is 7.29. The molecule has 0 aliphatic rings. The van der Waals surface area contributed by atoms with Gasteiger partial charge in [-0.2, -0.15) is 0 Å². The summed E-state index contributed by atoms with van der Waals surface area (Å²) in [5.74, 6) is -0.387. The average molecular weight is 317 g/mol. The van der Waals surface area contributed by atoms with Gasteiger partial charge < -0.3 is 5.32 Å². The van der Waals surface area contributed by atoms with Crippen LogP contribution >= 0.6 is 11.8 Å². The summed E-state index contributed by atoms with van der Waals surface area (Å²) in [4.78, 5) is 13.5. The molecule has 0 aliphatic carbocycles. The Labute approximate surface area is 135 Å². The van der Waals surface area contributed by atoms with Gasteiger partial charge in [0.2, 0.25) is 0 Å². The quantitative estimate of drug-likeness (QED) is 0.801. The zero-order valence-corrected chi connectivity index (χ0v) is 13.8. The number of thioether (sulfide) groups is 1. The molecule has 0 aliphatic heterocycles. The molecular weight excluding hydrogens is 297 g/mol. The molecule has 1 atom stereocenters. The Kier molecular flexibility index (Phi) is 5.61. The normalized spacial score (nSPS) is 12.2. The fourth-order valence-corrected chi connectivity index (χ4v) is 3.07. The third kappa shape index (κ3) is 4.34. The van der Waals surface area contributed by atoms with Crippen molar-refractivity contribution in [1.82, 2.24) is 5.32 Å². The summed E-state index contributed by atoms with van der Waals surface area (Å²) in [6, 6.07) is 13.6. The Morgan fingerprint density at radius 1 is 1.05 bits per heavy atom. The van der Waals surface area contributed by atoms with Gasteiger partial charge in [0, 0.05) is 10.1 Å². The van der Waals surface area contributed by atoms with E-state index in [1.54, 1.807) is 23.9 Å². The van der Waals surface area contributed by atoms with E-state index >= 15 is 0 Å². The van der Waals surface area contributed by atoms with E-state index in [1.165, 1.54) is 12.1 Å². The second kappa shape index (κ2) is 7.45. The minimum Gasteiger partial charge on any atom is -0.345 e. The number of halogens is 1. The van der Waals surface area contributed by atoms with E-state index in [9.17, 15) is 9.18 Å². The maximum Gasteiger partial charge on any atom is 0.252 e. The minimum absolute atomic E-state index is 0.111. The molecule has 0 fully saturated rings. The van der Waals surface area contributed by atoms with Crippen molar-refractivity contribution in [3.63, 3.8) is 0 Å². The van der Waals surface area contributed by atoms with Crippen molar-refractivity contribution in [3.05, 3.63) is 65.5 Å². The maximum absolute atomic E-state index is 13.0. The lowest BCUT2D eigenvalue weighted by Gasteiger charge is -2.16. The molecule has 0 spiro atoms. The SMILES string of the molecule is CC(C)Sc1ccccc1C(=O)N[C@@H](C)c1ccc(F)cc1. The third-order valence-electron chi connectivity index (χ3n) is 3.21. The molecule has 1 amide bonds. The van der Waals surface area contributed by atoms with Crippen molar-refractivity contribution in [1.29, 1.82) is 0 Å². The van der Waals surface area contributed by atoms with Crippen molar-refractivity contribution in [3.8, 4) is 0 Å². The molecule has 0 heterocycles. The van der Waals surface area contributed by atoms with Crippen molar-refractivity contribution in [2.45, 2.75) is 37.0 Å². The number of benzene rings is 2. The first kappa shape index (κ1) is 16.6. The topological polar surface area (TPSA) is 29.1 Å². The molecular formula is C18H20FNOS. The molecule has 2 aromatic carbocycles. The van der Waals surface area contributed by atoms with Crippen LogP contribution in [-0.2, 0) is 0 Å². The van der Waals surface area contributed by atoms with Crippen LogP contribution in [0.25, 0.3) is 0 Å². The fraction of sp³-hybridized carbons (Fsp3) is 0.278. The molecule has 22 heavy (non-hydrogen) atoms. The fourth-order valence-electron chi connectivity index (χ4n) is 2.12. The summed E-state index contributed by atoms with van der Waals surface area (Å²) in [6.07, 6.45) is 0. The Morgan fingerprint density at radius 2 is 1.68 bits per heavy atom. The van der Waals surface area contributed by atoms with E-state index < -0.39 is 0 Å². The van der Waals surface area contributed by atoms with E-state index in [1.807, 2.05) is 31.2 Å². The summed E-state index contributed by atoms with van der Waals surface area (Å²) in [5, 5.41) is 3.38. The Bertz CT molecular complexity index is 640. The molecule has 1 N–H and O–H groups in total. The van der Waals surface area contributed by atoms with Crippen molar-refractivity contribution < 1.29 is 9.18 Å². The Balaban J connectivity index is 2.13. The Hall–Kier alpha value is -1.81. The molecule has 2 rings (SSSR count). The average Bonchev–Trinajstić information content (AvgIpc) is 2.47. The van der Waals surface area contributed by atoms with Gasteiger partial charge in [-0.1, -0.05) is 38.1 Å². The summed E-state index contributed by atoms with van der Waals surface area (Å²) >= 11 is 1.67. The highest BCUT2D eigenvalue weighted by Gasteiger charge is 2.15. The minimum atomic E-state index is -0.277. The van der Waals surface area contributed by atoms with E-state index in [2.05, 4.69) is 19.2 Å². The number of amides is 1. The monoisotopic (exact) mass is 317 g/mol. The predicted molar refractivity (Wildman–Crippen MR) is 89.7 cm³/mol. The van der Waals surface area contributed by atoms with Crippen LogP contribution in [-0.4, -0.2) is 11.2 Å². The molecule has 0 radical (unpaired) electrons. The summed E-state index contributed by atoms with van der Waals surface area (Å²) < 4.78 is 13.0. The molecule has 0 saturated heterocycles. The van der Waals surface area contributed by atoms with E-state index in [0.29, 0.717) is 10.8 Å². The molecule has 4 heteroatoms. The standard InChI is InChI=1S/C18H20FNOS/c1-12(2)22-17-7-5-4-6-16(17)18(21)20-13(3)14-8-10-15(19)11-9-14/h4-13H,1-3H3,(H,20,21)/t13-/m0/s1. The highest BCUT2D eigenvalue weighted by molar-refractivity contribution is 8.00. The molecule has 0 unspecified atom stereocenters. The van der Waals surface area contributed by atoms with Crippen LogP contribution in [0.3, 0.4) is 0 Å². The lowest BCUT2D eigenvalue weighted by molar-refractivity contribution is 0.0937. The summed E-state index contributed by atoms with van der Waals surface area (Å²) in [5.41, 5.74) is 1.55. The van der Waals surface area contributed by atoms with Gasteiger partial charge >= 0.3 is 0 Å².